The van der Waals surface area contributed by atoms with Crippen LogP contribution in [-0.4, -0.2) is 24.1 Å². The Balaban J connectivity index is 2.24. The number of carbonyl (C=O) groups excluding carboxylic acids is 1. The van der Waals surface area contributed by atoms with Gasteiger partial charge >= 0.3 is 0 Å². The van der Waals surface area contributed by atoms with Gasteiger partial charge in [0.2, 0.25) is 0 Å². The first-order valence-corrected chi connectivity index (χ1v) is 8.86. The number of hydrogen-bond donors (Lipinski definition) is 1. The fourth-order valence-electron chi connectivity index (χ4n) is 1.94. The van der Waals surface area contributed by atoms with E-state index in [1.165, 1.54) is 0 Å². The van der Waals surface area contributed by atoms with E-state index in [9.17, 15) is 13.2 Å². The Hall–Kier alpha value is -1.67. The summed E-state index contributed by atoms with van der Waals surface area (Å²) in [5.74, 6) is -0.650. The van der Waals surface area contributed by atoms with E-state index >= 15 is 0 Å². The van der Waals surface area contributed by atoms with Crippen LogP contribution in [0.1, 0.15) is 35.0 Å². The van der Waals surface area contributed by atoms with Gasteiger partial charge in [0.05, 0.1) is 11.3 Å². The van der Waals surface area contributed by atoms with Crippen molar-refractivity contribution in [1.29, 1.82) is 0 Å². The lowest BCUT2D eigenvalue weighted by Gasteiger charge is -2.05. The van der Waals surface area contributed by atoms with E-state index in [4.69, 9.17) is 0 Å². The first-order chi connectivity index (χ1) is 9.85. The van der Waals surface area contributed by atoms with Gasteiger partial charge in [-0.1, -0.05) is 6.92 Å². The molecule has 0 atom stereocenters. The standard InChI is InChI=1S/C13H17N3O3S2/c1-4-6-16-8-11(10(3)14-16)12(17)15-21(18,19)13-9(2)5-7-20-13/h5,7-8H,4,6H2,1-3H3,(H,15,17). The number of sulfonamides is 1. The molecule has 2 aromatic heterocycles. The van der Waals surface area contributed by atoms with Crippen LogP contribution < -0.4 is 4.72 Å². The molecule has 2 rings (SSSR count). The van der Waals surface area contributed by atoms with Crippen molar-refractivity contribution in [1.82, 2.24) is 14.5 Å². The zero-order valence-corrected chi connectivity index (χ0v) is 13.7. The van der Waals surface area contributed by atoms with Gasteiger partial charge in [0.25, 0.3) is 15.9 Å². The summed E-state index contributed by atoms with van der Waals surface area (Å²) >= 11 is 1.09. The number of rotatable bonds is 5. The van der Waals surface area contributed by atoms with E-state index in [1.807, 2.05) is 6.92 Å². The van der Waals surface area contributed by atoms with Gasteiger partial charge in [-0.25, -0.2) is 13.1 Å². The molecule has 8 heteroatoms. The third-order valence-electron chi connectivity index (χ3n) is 2.93. The predicted molar refractivity (Wildman–Crippen MR) is 81.0 cm³/mol. The van der Waals surface area contributed by atoms with E-state index in [1.54, 1.807) is 36.2 Å². The molecule has 1 amide bonds. The van der Waals surface area contributed by atoms with Gasteiger partial charge < -0.3 is 0 Å². The van der Waals surface area contributed by atoms with Crippen LogP contribution in [0.15, 0.2) is 21.9 Å². The summed E-state index contributed by atoms with van der Waals surface area (Å²) < 4.78 is 28.3. The fraction of sp³-hybridized carbons (Fsp3) is 0.385. The van der Waals surface area contributed by atoms with E-state index in [-0.39, 0.29) is 9.77 Å². The maximum absolute atomic E-state index is 12.2. The molecule has 2 heterocycles. The van der Waals surface area contributed by atoms with Crippen molar-refractivity contribution in [3.63, 3.8) is 0 Å². The molecule has 0 aliphatic heterocycles. The molecule has 0 saturated carbocycles. The second-order valence-corrected chi connectivity index (χ2v) is 7.51. The Labute approximate surface area is 127 Å². The molecule has 0 radical (unpaired) electrons. The molecular formula is C13H17N3O3S2. The summed E-state index contributed by atoms with van der Waals surface area (Å²) in [4.78, 5) is 12.2. The largest absolute Gasteiger partial charge is 0.274 e. The van der Waals surface area contributed by atoms with Crippen LogP contribution in [0.2, 0.25) is 0 Å². The molecular weight excluding hydrogens is 310 g/mol. The highest BCUT2D eigenvalue weighted by Crippen LogP contribution is 2.21. The minimum Gasteiger partial charge on any atom is -0.272 e. The van der Waals surface area contributed by atoms with Crippen molar-refractivity contribution in [3.8, 4) is 0 Å². The van der Waals surface area contributed by atoms with Gasteiger partial charge in [0, 0.05) is 12.7 Å². The normalized spacial score (nSPS) is 11.6. The van der Waals surface area contributed by atoms with E-state index in [0.29, 0.717) is 17.8 Å². The highest BCUT2D eigenvalue weighted by Gasteiger charge is 2.23. The minimum absolute atomic E-state index is 0.162. The topological polar surface area (TPSA) is 81.1 Å². The monoisotopic (exact) mass is 327 g/mol. The number of nitrogens with one attached hydrogen (secondary N) is 1. The Morgan fingerprint density at radius 1 is 1.43 bits per heavy atom. The number of nitrogens with zero attached hydrogens (tertiary/aromatic N) is 2. The number of aryl methyl sites for hydroxylation is 3. The zero-order valence-electron chi connectivity index (χ0n) is 12.1. The van der Waals surface area contributed by atoms with Crippen LogP contribution in [0.3, 0.4) is 0 Å². The van der Waals surface area contributed by atoms with Crippen LogP contribution in [0, 0.1) is 13.8 Å². The Morgan fingerprint density at radius 3 is 2.71 bits per heavy atom. The minimum atomic E-state index is -3.83. The second-order valence-electron chi connectivity index (χ2n) is 4.72. The number of carbonyl (C=O) groups is 1. The average molecular weight is 327 g/mol. The van der Waals surface area contributed by atoms with Crippen LogP contribution in [-0.2, 0) is 16.6 Å². The second kappa shape index (κ2) is 5.98. The third-order valence-corrected chi connectivity index (χ3v) is 5.95. The van der Waals surface area contributed by atoms with Crippen LogP contribution in [0.25, 0.3) is 0 Å². The summed E-state index contributed by atoms with van der Waals surface area (Å²) in [7, 11) is -3.83. The van der Waals surface area contributed by atoms with E-state index < -0.39 is 15.9 Å². The van der Waals surface area contributed by atoms with E-state index in [0.717, 1.165) is 17.8 Å². The molecule has 0 unspecified atom stereocenters. The SMILES string of the molecule is CCCn1cc(C(=O)NS(=O)(=O)c2sccc2C)c(C)n1. The molecule has 2 aromatic rings. The molecule has 6 nitrogen and oxygen atoms in total. The highest BCUT2D eigenvalue weighted by molar-refractivity contribution is 7.92. The van der Waals surface area contributed by atoms with Gasteiger partial charge in [-0.05, 0) is 37.3 Å². The Bertz CT molecular complexity index is 759. The van der Waals surface area contributed by atoms with Gasteiger partial charge in [0.1, 0.15) is 4.21 Å². The first kappa shape index (κ1) is 15.7. The predicted octanol–water partition coefficient (Wildman–Crippen LogP) is 2.09. The van der Waals surface area contributed by atoms with Crippen LogP contribution in [0.4, 0.5) is 0 Å². The van der Waals surface area contributed by atoms with Crippen molar-refractivity contribution in [3.05, 3.63) is 34.5 Å². The van der Waals surface area contributed by atoms with Crippen molar-refractivity contribution in [2.45, 2.75) is 37.9 Å². The molecule has 0 aromatic carbocycles. The average Bonchev–Trinajstić information content (AvgIpc) is 2.96. The smallest absolute Gasteiger partial charge is 0.272 e. The van der Waals surface area contributed by atoms with Crippen molar-refractivity contribution < 1.29 is 13.2 Å². The summed E-state index contributed by atoms with van der Waals surface area (Å²) in [5, 5.41) is 5.87. The molecule has 0 spiro atoms. The van der Waals surface area contributed by atoms with E-state index in [2.05, 4.69) is 9.82 Å². The van der Waals surface area contributed by atoms with Crippen molar-refractivity contribution in [2.24, 2.45) is 0 Å². The van der Waals surface area contributed by atoms with Crippen molar-refractivity contribution >= 4 is 27.3 Å². The molecule has 0 aliphatic rings. The summed E-state index contributed by atoms with van der Waals surface area (Å²) in [5.41, 5.74) is 1.42. The van der Waals surface area contributed by atoms with Crippen molar-refractivity contribution in [2.75, 3.05) is 0 Å². The number of hydrogen-bond acceptors (Lipinski definition) is 5. The lowest BCUT2D eigenvalue weighted by atomic mass is 10.2. The van der Waals surface area contributed by atoms with Gasteiger partial charge in [-0.3, -0.25) is 9.48 Å². The molecule has 0 bridgehead atoms. The Kier molecular flexibility index (Phi) is 4.48. The maximum Gasteiger partial charge on any atom is 0.274 e. The first-order valence-electron chi connectivity index (χ1n) is 6.50. The molecule has 0 fully saturated rings. The Morgan fingerprint density at radius 2 is 2.14 bits per heavy atom. The third kappa shape index (κ3) is 3.33. The summed E-state index contributed by atoms with van der Waals surface area (Å²) in [6.07, 6.45) is 2.46. The number of aromatic nitrogens is 2. The molecule has 1 N–H and O–H groups in total. The van der Waals surface area contributed by atoms with Gasteiger partial charge in [-0.2, -0.15) is 5.10 Å². The molecule has 0 aliphatic carbocycles. The lowest BCUT2D eigenvalue weighted by Crippen LogP contribution is -2.30. The molecule has 114 valence electrons. The summed E-state index contributed by atoms with van der Waals surface area (Å²) in [6.45, 7) is 6.07. The summed E-state index contributed by atoms with van der Waals surface area (Å²) in [6, 6.07) is 1.70. The number of thiophene rings is 1. The fourth-order valence-corrected chi connectivity index (χ4v) is 4.33. The van der Waals surface area contributed by atoms with Gasteiger partial charge in [-0.15, -0.1) is 11.3 Å². The number of amides is 1. The highest BCUT2D eigenvalue weighted by atomic mass is 32.2. The quantitative estimate of drug-likeness (QED) is 0.912. The van der Waals surface area contributed by atoms with Crippen LogP contribution >= 0.6 is 11.3 Å². The molecule has 0 saturated heterocycles. The molecule has 21 heavy (non-hydrogen) atoms. The van der Waals surface area contributed by atoms with Crippen LogP contribution in [0.5, 0.6) is 0 Å². The lowest BCUT2D eigenvalue weighted by molar-refractivity contribution is 0.0981. The maximum atomic E-state index is 12.2. The van der Waals surface area contributed by atoms with Gasteiger partial charge in [0.15, 0.2) is 0 Å². The zero-order chi connectivity index (χ0) is 15.6.